The molecule has 76 valence electrons. The maximum atomic E-state index is 8.33. The van der Waals surface area contributed by atoms with Crippen LogP contribution in [0.25, 0.3) is 0 Å². The van der Waals surface area contributed by atoms with Crippen LogP contribution in [0.15, 0.2) is 45.6 Å². The Balaban J connectivity index is 0.000000140. The summed E-state index contributed by atoms with van der Waals surface area (Å²) in [6.45, 7) is -0.00694. The van der Waals surface area contributed by atoms with Crippen LogP contribution in [0.3, 0.4) is 0 Å². The van der Waals surface area contributed by atoms with Crippen molar-refractivity contribution >= 4 is 11.6 Å². The molecular weight excluding hydrogens is 204 g/mol. The molecule has 0 fully saturated rings. The molecule has 2 aromatic heterocycles. The van der Waals surface area contributed by atoms with Gasteiger partial charge in [0.05, 0.1) is 18.4 Å². The summed E-state index contributed by atoms with van der Waals surface area (Å²) >= 11 is 5.37. The van der Waals surface area contributed by atoms with Gasteiger partial charge in [-0.05, 0) is 24.3 Å². The summed E-state index contributed by atoms with van der Waals surface area (Å²) in [4.78, 5) is 0. The molecule has 2 rings (SSSR count). The summed E-state index contributed by atoms with van der Waals surface area (Å²) < 4.78 is 9.58. The Kier molecular flexibility index (Phi) is 4.89. The second kappa shape index (κ2) is 6.29. The second-order valence-electron chi connectivity index (χ2n) is 2.45. The Bertz CT molecular complexity index is 279. The lowest BCUT2D eigenvalue weighted by molar-refractivity contribution is 0.247. The average molecular weight is 215 g/mol. The molecule has 3 nitrogen and oxygen atoms in total. The third-order valence-corrected chi connectivity index (χ3v) is 1.71. The molecule has 0 aliphatic heterocycles. The van der Waals surface area contributed by atoms with Crippen LogP contribution in [-0.4, -0.2) is 5.11 Å². The minimum absolute atomic E-state index is 0.00694. The lowest BCUT2D eigenvalue weighted by atomic mass is 10.5. The fourth-order valence-electron chi connectivity index (χ4n) is 0.791. The van der Waals surface area contributed by atoms with Gasteiger partial charge in [0.15, 0.2) is 0 Å². The first kappa shape index (κ1) is 10.9. The first-order valence-electron chi connectivity index (χ1n) is 4.08. The summed E-state index contributed by atoms with van der Waals surface area (Å²) in [5.41, 5.74) is 0. The van der Waals surface area contributed by atoms with Gasteiger partial charge in [-0.3, -0.25) is 0 Å². The summed E-state index contributed by atoms with van der Waals surface area (Å²) in [7, 11) is 0. The van der Waals surface area contributed by atoms with Crippen LogP contribution < -0.4 is 0 Å². The highest BCUT2D eigenvalue weighted by molar-refractivity contribution is 6.16. The van der Waals surface area contributed by atoms with Gasteiger partial charge in [-0.25, -0.2) is 0 Å². The SMILES string of the molecule is ClCc1ccco1.OCc1ccco1. The van der Waals surface area contributed by atoms with Crippen molar-refractivity contribution in [1.82, 2.24) is 0 Å². The monoisotopic (exact) mass is 214 g/mol. The molecule has 0 radical (unpaired) electrons. The van der Waals surface area contributed by atoms with E-state index in [0.29, 0.717) is 11.6 Å². The Hall–Kier alpha value is -1.19. The van der Waals surface area contributed by atoms with Crippen LogP contribution in [0.1, 0.15) is 11.5 Å². The van der Waals surface area contributed by atoms with Crippen molar-refractivity contribution in [1.29, 1.82) is 0 Å². The van der Waals surface area contributed by atoms with Crippen LogP contribution in [0.2, 0.25) is 0 Å². The van der Waals surface area contributed by atoms with Crippen LogP contribution in [0.4, 0.5) is 0 Å². The van der Waals surface area contributed by atoms with E-state index in [0.717, 1.165) is 5.76 Å². The van der Waals surface area contributed by atoms with Crippen LogP contribution in [0.5, 0.6) is 0 Å². The minimum atomic E-state index is -0.00694. The maximum absolute atomic E-state index is 8.33. The number of hydrogen-bond donors (Lipinski definition) is 1. The van der Waals surface area contributed by atoms with Gasteiger partial charge in [-0.15, -0.1) is 11.6 Å². The molecule has 0 unspecified atom stereocenters. The number of rotatable bonds is 2. The van der Waals surface area contributed by atoms with E-state index in [2.05, 4.69) is 0 Å². The highest BCUT2D eigenvalue weighted by atomic mass is 35.5. The van der Waals surface area contributed by atoms with Crippen LogP contribution >= 0.6 is 11.6 Å². The number of aliphatic hydroxyl groups excluding tert-OH is 1. The average Bonchev–Trinajstić information content (AvgIpc) is 2.92. The van der Waals surface area contributed by atoms with Crippen molar-refractivity contribution < 1.29 is 13.9 Å². The Morgan fingerprint density at radius 3 is 1.86 bits per heavy atom. The zero-order valence-electron chi connectivity index (χ0n) is 7.52. The number of hydrogen-bond acceptors (Lipinski definition) is 3. The largest absolute Gasteiger partial charge is 0.468 e. The van der Waals surface area contributed by atoms with E-state index in [9.17, 15) is 0 Å². The highest BCUT2D eigenvalue weighted by Crippen LogP contribution is 2.01. The Morgan fingerprint density at radius 2 is 1.64 bits per heavy atom. The molecule has 0 bridgehead atoms. The summed E-state index contributed by atoms with van der Waals surface area (Å²) in [5.74, 6) is 1.90. The van der Waals surface area contributed by atoms with Crippen molar-refractivity contribution in [3.05, 3.63) is 48.3 Å². The van der Waals surface area contributed by atoms with Crippen molar-refractivity contribution in [3.8, 4) is 0 Å². The van der Waals surface area contributed by atoms with Gasteiger partial charge in [0, 0.05) is 0 Å². The zero-order chi connectivity index (χ0) is 10.2. The van der Waals surface area contributed by atoms with E-state index in [4.69, 9.17) is 25.5 Å². The minimum Gasteiger partial charge on any atom is -0.468 e. The lowest BCUT2D eigenvalue weighted by Gasteiger charge is -1.79. The summed E-state index contributed by atoms with van der Waals surface area (Å²) in [6, 6.07) is 7.12. The molecule has 0 spiro atoms. The van der Waals surface area contributed by atoms with Gasteiger partial charge >= 0.3 is 0 Å². The third-order valence-electron chi connectivity index (χ3n) is 1.45. The van der Waals surface area contributed by atoms with Gasteiger partial charge < -0.3 is 13.9 Å². The lowest BCUT2D eigenvalue weighted by Crippen LogP contribution is -1.72. The summed E-state index contributed by atoms with van der Waals surface area (Å²) in [6.07, 6.45) is 3.14. The molecule has 14 heavy (non-hydrogen) atoms. The van der Waals surface area contributed by atoms with E-state index in [1.54, 1.807) is 18.4 Å². The van der Waals surface area contributed by atoms with E-state index in [-0.39, 0.29) is 6.61 Å². The molecule has 4 heteroatoms. The fourth-order valence-corrected chi connectivity index (χ4v) is 0.943. The molecule has 2 heterocycles. The number of halogens is 1. The van der Waals surface area contributed by atoms with E-state index in [1.165, 1.54) is 6.26 Å². The fraction of sp³-hybridized carbons (Fsp3) is 0.200. The predicted octanol–water partition coefficient (Wildman–Crippen LogP) is 2.79. The molecule has 0 saturated carbocycles. The van der Waals surface area contributed by atoms with E-state index in [1.807, 2.05) is 12.1 Å². The molecule has 0 saturated heterocycles. The molecule has 0 aliphatic carbocycles. The Morgan fingerprint density at radius 1 is 1.07 bits per heavy atom. The van der Waals surface area contributed by atoms with Crippen molar-refractivity contribution in [2.45, 2.75) is 12.5 Å². The molecule has 2 aromatic rings. The smallest absolute Gasteiger partial charge is 0.129 e. The van der Waals surface area contributed by atoms with Gasteiger partial charge in [0.2, 0.25) is 0 Å². The van der Waals surface area contributed by atoms with Crippen LogP contribution in [-0.2, 0) is 12.5 Å². The van der Waals surface area contributed by atoms with Gasteiger partial charge in [0.1, 0.15) is 18.1 Å². The molecule has 0 atom stereocenters. The van der Waals surface area contributed by atoms with Crippen molar-refractivity contribution in [3.63, 3.8) is 0 Å². The molecule has 0 amide bonds. The van der Waals surface area contributed by atoms with Crippen molar-refractivity contribution in [2.24, 2.45) is 0 Å². The van der Waals surface area contributed by atoms with E-state index < -0.39 is 0 Å². The number of aliphatic hydroxyl groups is 1. The van der Waals surface area contributed by atoms with Crippen LogP contribution in [0, 0.1) is 0 Å². The number of furan rings is 2. The highest BCUT2D eigenvalue weighted by Gasteiger charge is 1.86. The molecular formula is C10H11ClO3. The topological polar surface area (TPSA) is 46.5 Å². The third kappa shape index (κ3) is 3.68. The van der Waals surface area contributed by atoms with E-state index >= 15 is 0 Å². The standard InChI is InChI=1S/C5H5ClO.C5H6O2/c2*6-4-5-2-1-3-7-5/h1-3H,4H2;1-3,6H,4H2. The zero-order valence-corrected chi connectivity index (χ0v) is 8.28. The van der Waals surface area contributed by atoms with Gasteiger partial charge in [-0.2, -0.15) is 0 Å². The van der Waals surface area contributed by atoms with Gasteiger partial charge in [-0.1, -0.05) is 0 Å². The van der Waals surface area contributed by atoms with Crippen molar-refractivity contribution in [2.75, 3.05) is 0 Å². The molecule has 0 aromatic carbocycles. The normalized spacial score (nSPS) is 9.29. The molecule has 1 N–H and O–H groups in total. The second-order valence-corrected chi connectivity index (χ2v) is 2.72. The van der Waals surface area contributed by atoms with Gasteiger partial charge in [0.25, 0.3) is 0 Å². The maximum Gasteiger partial charge on any atom is 0.129 e. The first-order valence-corrected chi connectivity index (χ1v) is 4.62. The quantitative estimate of drug-likeness (QED) is 0.782. The molecule has 0 aliphatic rings. The summed E-state index contributed by atoms with van der Waals surface area (Å²) in [5, 5.41) is 8.33. The Labute approximate surface area is 86.9 Å². The predicted molar refractivity (Wildman–Crippen MR) is 52.9 cm³/mol. The number of alkyl halides is 1. The first-order chi connectivity index (χ1) is 6.86.